The Labute approximate surface area is 71.8 Å². The Hall–Kier alpha value is -0.970. The molecule has 0 amide bonds. The highest BCUT2D eigenvalue weighted by molar-refractivity contribution is 6.32. The first-order valence-corrected chi connectivity index (χ1v) is 3.74. The van der Waals surface area contributed by atoms with Crippen molar-refractivity contribution in [1.29, 1.82) is 0 Å². The van der Waals surface area contributed by atoms with Gasteiger partial charge in [0.25, 0.3) is 0 Å². The lowest BCUT2D eigenvalue weighted by Crippen LogP contribution is -1.76. The maximum atomic E-state index is 5.91. The molecule has 1 rings (SSSR count). The van der Waals surface area contributed by atoms with Gasteiger partial charge in [-0.25, -0.2) is 0 Å². The second kappa shape index (κ2) is 3.43. The molecule has 0 bridgehead atoms. The third kappa shape index (κ3) is 1.98. The van der Waals surface area contributed by atoms with Crippen LogP contribution < -0.4 is 0 Å². The van der Waals surface area contributed by atoms with Crippen LogP contribution in [-0.2, 0) is 0 Å². The molecule has 0 unspecified atom stereocenters. The molecule has 0 spiro atoms. The Balaban J connectivity index is 3.19. The summed E-state index contributed by atoms with van der Waals surface area (Å²) in [5, 5.41) is 0.751. The Morgan fingerprint density at radius 2 is 2.27 bits per heavy atom. The van der Waals surface area contributed by atoms with Crippen LogP contribution >= 0.6 is 11.6 Å². The van der Waals surface area contributed by atoms with E-state index in [4.69, 9.17) is 11.6 Å². The normalized spacial score (nSPS) is 8.91. The molecule has 0 aliphatic rings. The van der Waals surface area contributed by atoms with Gasteiger partial charge in [-0.15, -0.1) is 5.73 Å². The molecular weight excluding hydrogens is 156 g/mol. The molecule has 0 aliphatic carbocycles. The number of hydrogen-bond acceptors (Lipinski definition) is 0. The molecule has 56 valence electrons. The summed E-state index contributed by atoms with van der Waals surface area (Å²) >= 11 is 5.91. The molecule has 1 aromatic rings. The lowest BCUT2D eigenvalue weighted by atomic mass is 10.1. The molecule has 0 nitrogen and oxygen atoms in total. The van der Waals surface area contributed by atoms with E-state index in [1.807, 2.05) is 25.1 Å². The molecule has 0 fully saturated rings. The van der Waals surface area contributed by atoms with Gasteiger partial charge in [-0.1, -0.05) is 30.3 Å². The summed E-state index contributed by atoms with van der Waals surface area (Å²) in [5.74, 6) is 0. The zero-order valence-corrected chi connectivity index (χ0v) is 7.15. The van der Waals surface area contributed by atoms with Crippen LogP contribution in [0.2, 0.25) is 5.02 Å². The molecule has 1 aromatic carbocycles. The first kappa shape index (κ1) is 8.13. The van der Waals surface area contributed by atoms with Gasteiger partial charge in [-0.3, -0.25) is 0 Å². The van der Waals surface area contributed by atoms with Gasteiger partial charge in [0.15, 0.2) is 0 Å². The summed E-state index contributed by atoms with van der Waals surface area (Å²) in [6, 6.07) is 5.88. The summed E-state index contributed by atoms with van der Waals surface area (Å²) in [6.07, 6.45) is 1.77. The predicted molar refractivity (Wildman–Crippen MR) is 49.8 cm³/mol. The molecular formula is C10H9Cl. The van der Waals surface area contributed by atoms with E-state index in [0.29, 0.717) is 0 Å². The Morgan fingerprint density at radius 1 is 1.55 bits per heavy atom. The minimum atomic E-state index is 0.751. The minimum absolute atomic E-state index is 0.751. The van der Waals surface area contributed by atoms with Crippen LogP contribution in [0.25, 0.3) is 6.08 Å². The van der Waals surface area contributed by atoms with Gasteiger partial charge in [0.2, 0.25) is 0 Å². The molecule has 0 heterocycles. The topological polar surface area (TPSA) is 0 Å². The van der Waals surface area contributed by atoms with E-state index < -0.39 is 0 Å². The van der Waals surface area contributed by atoms with E-state index in [2.05, 4.69) is 12.3 Å². The van der Waals surface area contributed by atoms with Gasteiger partial charge in [0.05, 0.1) is 0 Å². The summed E-state index contributed by atoms with van der Waals surface area (Å²) < 4.78 is 0. The fourth-order valence-corrected chi connectivity index (χ4v) is 1.15. The molecule has 0 saturated carbocycles. The second-order valence-electron chi connectivity index (χ2n) is 2.37. The lowest BCUT2D eigenvalue weighted by Gasteiger charge is -1.97. The van der Waals surface area contributed by atoms with Crippen molar-refractivity contribution in [3.05, 3.63) is 46.7 Å². The SMILES string of the molecule is C=C=Cc1ccc(C)cc1Cl. The first-order chi connectivity index (χ1) is 5.24. The average Bonchev–Trinajstić information content (AvgIpc) is 1.95. The van der Waals surface area contributed by atoms with Crippen LogP contribution in [0.1, 0.15) is 11.1 Å². The fourth-order valence-electron chi connectivity index (χ4n) is 0.859. The Bertz CT molecular complexity index is 307. The van der Waals surface area contributed by atoms with E-state index in [1.54, 1.807) is 6.08 Å². The first-order valence-electron chi connectivity index (χ1n) is 3.36. The van der Waals surface area contributed by atoms with Crippen molar-refractivity contribution in [3.63, 3.8) is 0 Å². The highest BCUT2D eigenvalue weighted by atomic mass is 35.5. The number of benzene rings is 1. The quantitative estimate of drug-likeness (QED) is 0.558. The third-order valence-corrected chi connectivity index (χ3v) is 1.74. The molecule has 0 saturated heterocycles. The van der Waals surface area contributed by atoms with Gasteiger partial charge in [-0.05, 0) is 24.6 Å². The van der Waals surface area contributed by atoms with Gasteiger partial charge in [0.1, 0.15) is 0 Å². The molecule has 1 heteroatoms. The van der Waals surface area contributed by atoms with Crippen LogP contribution in [-0.4, -0.2) is 0 Å². The number of aryl methyl sites for hydroxylation is 1. The molecule has 0 aliphatic heterocycles. The summed E-state index contributed by atoms with van der Waals surface area (Å²) in [6.45, 7) is 5.49. The summed E-state index contributed by atoms with van der Waals surface area (Å²) in [7, 11) is 0. The van der Waals surface area contributed by atoms with Crippen molar-refractivity contribution in [3.8, 4) is 0 Å². The number of hydrogen-bond donors (Lipinski definition) is 0. The van der Waals surface area contributed by atoms with Crippen molar-refractivity contribution < 1.29 is 0 Å². The molecule has 0 radical (unpaired) electrons. The van der Waals surface area contributed by atoms with Crippen molar-refractivity contribution in [1.82, 2.24) is 0 Å². The minimum Gasteiger partial charge on any atom is -0.128 e. The summed E-state index contributed by atoms with van der Waals surface area (Å²) in [5.41, 5.74) is 4.81. The Kier molecular flexibility index (Phi) is 2.53. The van der Waals surface area contributed by atoms with Gasteiger partial charge in [0, 0.05) is 10.6 Å². The Morgan fingerprint density at radius 3 is 2.82 bits per heavy atom. The monoisotopic (exact) mass is 164 g/mol. The van der Waals surface area contributed by atoms with Gasteiger partial charge >= 0.3 is 0 Å². The maximum absolute atomic E-state index is 5.91. The van der Waals surface area contributed by atoms with E-state index in [0.717, 1.165) is 16.1 Å². The van der Waals surface area contributed by atoms with Crippen molar-refractivity contribution >= 4 is 17.7 Å². The van der Waals surface area contributed by atoms with Crippen LogP contribution in [0.4, 0.5) is 0 Å². The number of halogens is 1. The smallest absolute Gasteiger partial charge is 0.0487 e. The fraction of sp³-hybridized carbons (Fsp3) is 0.100. The predicted octanol–water partition coefficient (Wildman–Crippen LogP) is 3.45. The van der Waals surface area contributed by atoms with E-state index in [1.165, 1.54) is 0 Å². The van der Waals surface area contributed by atoms with Gasteiger partial charge < -0.3 is 0 Å². The zero-order chi connectivity index (χ0) is 8.27. The lowest BCUT2D eigenvalue weighted by molar-refractivity contribution is 1.46. The van der Waals surface area contributed by atoms with Crippen LogP contribution in [0.5, 0.6) is 0 Å². The highest BCUT2D eigenvalue weighted by Crippen LogP contribution is 2.18. The standard InChI is InChI=1S/C10H9Cl/c1-3-4-9-6-5-8(2)7-10(9)11/h4-7H,1H2,2H3. The van der Waals surface area contributed by atoms with E-state index in [-0.39, 0.29) is 0 Å². The molecule has 0 aromatic heterocycles. The number of rotatable bonds is 1. The van der Waals surface area contributed by atoms with Crippen LogP contribution in [0.15, 0.2) is 30.5 Å². The molecule has 11 heavy (non-hydrogen) atoms. The molecule has 0 N–H and O–H groups in total. The average molecular weight is 165 g/mol. The van der Waals surface area contributed by atoms with Crippen LogP contribution in [0, 0.1) is 6.92 Å². The van der Waals surface area contributed by atoms with E-state index >= 15 is 0 Å². The van der Waals surface area contributed by atoms with Crippen molar-refractivity contribution in [2.24, 2.45) is 0 Å². The van der Waals surface area contributed by atoms with Crippen molar-refractivity contribution in [2.75, 3.05) is 0 Å². The highest BCUT2D eigenvalue weighted by Gasteiger charge is 1.94. The van der Waals surface area contributed by atoms with Crippen molar-refractivity contribution in [2.45, 2.75) is 6.92 Å². The maximum Gasteiger partial charge on any atom is 0.0487 e. The third-order valence-electron chi connectivity index (χ3n) is 1.41. The largest absolute Gasteiger partial charge is 0.128 e. The summed E-state index contributed by atoms with van der Waals surface area (Å²) in [4.78, 5) is 0. The zero-order valence-electron chi connectivity index (χ0n) is 6.39. The van der Waals surface area contributed by atoms with E-state index in [9.17, 15) is 0 Å². The molecule has 0 atom stereocenters. The van der Waals surface area contributed by atoms with Crippen LogP contribution in [0.3, 0.4) is 0 Å². The second-order valence-corrected chi connectivity index (χ2v) is 2.78. The van der Waals surface area contributed by atoms with Gasteiger partial charge in [-0.2, -0.15) is 0 Å².